The lowest BCUT2D eigenvalue weighted by atomic mass is 10.0. The van der Waals surface area contributed by atoms with Gasteiger partial charge in [-0.1, -0.05) is 19.9 Å². The number of benzene rings is 1. The number of nitriles is 1. The third-order valence-electron chi connectivity index (χ3n) is 3.48. The Bertz CT molecular complexity index is 720. The maximum Gasteiger partial charge on any atom is 0.258 e. The number of hydrogen-bond donors (Lipinski definition) is 1. The first kappa shape index (κ1) is 17.8. The van der Waals surface area contributed by atoms with Crippen LogP contribution in [0.15, 0.2) is 35.7 Å². The van der Waals surface area contributed by atoms with Crippen molar-refractivity contribution >= 4 is 17.2 Å². The Kier molecular flexibility index (Phi) is 6.21. The highest BCUT2D eigenvalue weighted by Crippen LogP contribution is 2.28. The van der Waals surface area contributed by atoms with E-state index in [2.05, 4.69) is 19.2 Å². The molecule has 0 aliphatic carbocycles. The van der Waals surface area contributed by atoms with Crippen molar-refractivity contribution in [3.8, 4) is 17.6 Å². The minimum Gasteiger partial charge on any atom is -0.493 e. The fourth-order valence-electron chi connectivity index (χ4n) is 2.25. The highest BCUT2D eigenvalue weighted by molar-refractivity contribution is 7.10. The van der Waals surface area contributed by atoms with Crippen molar-refractivity contribution < 1.29 is 14.3 Å². The molecule has 0 saturated carbocycles. The average molecular weight is 344 g/mol. The topological polar surface area (TPSA) is 71.3 Å². The van der Waals surface area contributed by atoms with Gasteiger partial charge in [0.15, 0.2) is 18.1 Å². The Labute approximate surface area is 145 Å². The minimum absolute atomic E-state index is 0.0380. The smallest absolute Gasteiger partial charge is 0.258 e. The van der Waals surface area contributed by atoms with E-state index in [-0.39, 0.29) is 24.5 Å². The SMILES string of the molecule is COc1cc(C#N)ccc1OCC(=O)NC(c1cccs1)C(C)C. The van der Waals surface area contributed by atoms with Crippen molar-refractivity contribution in [3.63, 3.8) is 0 Å². The van der Waals surface area contributed by atoms with Gasteiger partial charge in [-0.15, -0.1) is 11.3 Å². The fraction of sp³-hybridized carbons (Fsp3) is 0.333. The predicted molar refractivity (Wildman–Crippen MR) is 93.2 cm³/mol. The molecular weight excluding hydrogens is 324 g/mol. The quantitative estimate of drug-likeness (QED) is 0.834. The lowest BCUT2D eigenvalue weighted by Gasteiger charge is -2.21. The van der Waals surface area contributed by atoms with E-state index in [1.807, 2.05) is 23.6 Å². The van der Waals surface area contributed by atoms with Crippen LogP contribution in [0.5, 0.6) is 11.5 Å². The lowest BCUT2D eigenvalue weighted by Crippen LogP contribution is -2.34. The summed E-state index contributed by atoms with van der Waals surface area (Å²) in [5, 5.41) is 13.9. The molecule has 1 unspecified atom stereocenters. The molecule has 1 aromatic carbocycles. The summed E-state index contributed by atoms with van der Waals surface area (Å²) < 4.78 is 10.7. The van der Waals surface area contributed by atoms with Crippen LogP contribution in [0, 0.1) is 17.2 Å². The minimum atomic E-state index is -0.200. The van der Waals surface area contributed by atoms with E-state index >= 15 is 0 Å². The van der Waals surface area contributed by atoms with Crippen LogP contribution in [0.4, 0.5) is 0 Å². The number of ether oxygens (including phenoxy) is 2. The molecule has 1 atom stereocenters. The summed E-state index contributed by atoms with van der Waals surface area (Å²) in [7, 11) is 1.50. The van der Waals surface area contributed by atoms with Crippen LogP contribution in [-0.4, -0.2) is 19.6 Å². The molecule has 0 aliphatic rings. The second-order valence-electron chi connectivity index (χ2n) is 5.57. The molecule has 1 N–H and O–H groups in total. The Hall–Kier alpha value is -2.52. The van der Waals surface area contributed by atoms with E-state index in [1.165, 1.54) is 7.11 Å². The number of nitrogens with zero attached hydrogens (tertiary/aromatic N) is 1. The molecule has 24 heavy (non-hydrogen) atoms. The third-order valence-corrected chi connectivity index (χ3v) is 4.44. The molecular formula is C18H20N2O3S. The van der Waals surface area contributed by atoms with Crippen molar-refractivity contribution in [1.29, 1.82) is 5.26 Å². The van der Waals surface area contributed by atoms with E-state index in [0.717, 1.165) is 4.88 Å². The molecule has 2 rings (SSSR count). The largest absolute Gasteiger partial charge is 0.493 e. The van der Waals surface area contributed by atoms with Gasteiger partial charge in [-0.25, -0.2) is 0 Å². The maximum atomic E-state index is 12.2. The number of rotatable bonds is 7. The number of carbonyl (C=O) groups excluding carboxylic acids is 1. The van der Waals surface area contributed by atoms with E-state index in [1.54, 1.807) is 29.5 Å². The molecule has 0 radical (unpaired) electrons. The first-order valence-corrected chi connectivity index (χ1v) is 8.46. The molecule has 2 aromatic rings. The van der Waals surface area contributed by atoms with Crippen molar-refractivity contribution in [2.24, 2.45) is 5.92 Å². The van der Waals surface area contributed by atoms with E-state index < -0.39 is 0 Å². The van der Waals surface area contributed by atoms with Gasteiger partial charge in [0.1, 0.15) is 0 Å². The summed E-state index contributed by atoms with van der Waals surface area (Å²) in [5.41, 5.74) is 0.473. The third kappa shape index (κ3) is 4.49. The molecule has 0 fully saturated rings. The second kappa shape index (κ2) is 8.37. The summed E-state index contributed by atoms with van der Waals surface area (Å²) >= 11 is 1.62. The van der Waals surface area contributed by atoms with Crippen LogP contribution in [0.3, 0.4) is 0 Å². The average Bonchev–Trinajstić information content (AvgIpc) is 3.11. The van der Waals surface area contributed by atoms with Gasteiger partial charge in [-0.3, -0.25) is 4.79 Å². The van der Waals surface area contributed by atoms with E-state index in [0.29, 0.717) is 17.1 Å². The van der Waals surface area contributed by atoms with Gasteiger partial charge in [-0.2, -0.15) is 5.26 Å². The molecule has 6 heteroatoms. The lowest BCUT2D eigenvalue weighted by molar-refractivity contribution is -0.124. The van der Waals surface area contributed by atoms with Gasteiger partial charge in [0, 0.05) is 10.9 Å². The van der Waals surface area contributed by atoms with Crippen LogP contribution >= 0.6 is 11.3 Å². The monoisotopic (exact) mass is 344 g/mol. The first-order valence-electron chi connectivity index (χ1n) is 7.59. The van der Waals surface area contributed by atoms with Gasteiger partial charge in [0.05, 0.1) is 24.8 Å². The van der Waals surface area contributed by atoms with Crippen LogP contribution in [0.1, 0.15) is 30.3 Å². The predicted octanol–water partition coefficient (Wildman–Crippen LogP) is 3.52. The van der Waals surface area contributed by atoms with Crippen LogP contribution < -0.4 is 14.8 Å². The molecule has 0 saturated heterocycles. The number of nitrogens with one attached hydrogen (secondary N) is 1. The van der Waals surface area contributed by atoms with Crippen LogP contribution in [-0.2, 0) is 4.79 Å². The molecule has 1 aromatic heterocycles. The van der Waals surface area contributed by atoms with Crippen molar-refractivity contribution in [3.05, 3.63) is 46.2 Å². The summed E-state index contributed by atoms with van der Waals surface area (Å²) in [6, 6.07) is 10.8. The molecule has 1 heterocycles. The number of methoxy groups -OCH3 is 1. The fourth-order valence-corrected chi connectivity index (χ4v) is 3.20. The zero-order valence-electron chi connectivity index (χ0n) is 13.9. The summed E-state index contributed by atoms with van der Waals surface area (Å²) in [6.45, 7) is 4.02. The summed E-state index contributed by atoms with van der Waals surface area (Å²) in [5.74, 6) is 0.940. The number of carbonyl (C=O) groups is 1. The Morgan fingerprint density at radius 3 is 2.71 bits per heavy atom. The number of thiophene rings is 1. The molecule has 1 amide bonds. The highest BCUT2D eigenvalue weighted by Gasteiger charge is 2.19. The molecule has 126 valence electrons. The van der Waals surface area contributed by atoms with Gasteiger partial charge in [-0.05, 0) is 29.5 Å². The number of hydrogen-bond acceptors (Lipinski definition) is 5. The van der Waals surface area contributed by atoms with Crippen LogP contribution in [0.25, 0.3) is 0 Å². The Morgan fingerprint density at radius 1 is 1.33 bits per heavy atom. The zero-order valence-corrected chi connectivity index (χ0v) is 14.7. The van der Waals surface area contributed by atoms with Gasteiger partial charge in [0.2, 0.25) is 0 Å². The molecule has 0 aliphatic heterocycles. The van der Waals surface area contributed by atoms with E-state index in [4.69, 9.17) is 14.7 Å². The summed E-state index contributed by atoms with van der Waals surface area (Å²) in [4.78, 5) is 13.3. The molecule has 0 bridgehead atoms. The van der Waals surface area contributed by atoms with Gasteiger partial charge < -0.3 is 14.8 Å². The van der Waals surface area contributed by atoms with Crippen molar-refractivity contribution in [2.45, 2.75) is 19.9 Å². The highest BCUT2D eigenvalue weighted by atomic mass is 32.1. The van der Waals surface area contributed by atoms with Crippen molar-refractivity contribution in [2.75, 3.05) is 13.7 Å². The Balaban J connectivity index is 1.99. The maximum absolute atomic E-state index is 12.2. The zero-order chi connectivity index (χ0) is 17.5. The van der Waals surface area contributed by atoms with Crippen LogP contribution in [0.2, 0.25) is 0 Å². The van der Waals surface area contributed by atoms with Gasteiger partial charge in [0.25, 0.3) is 5.91 Å². The first-order chi connectivity index (χ1) is 11.5. The molecule has 0 spiro atoms. The molecule has 5 nitrogen and oxygen atoms in total. The van der Waals surface area contributed by atoms with Gasteiger partial charge >= 0.3 is 0 Å². The summed E-state index contributed by atoms with van der Waals surface area (Å²) in [6.07, 6.45) is 0. The number of amides is 1. The van der Waals surface area contributed by atoms with Crippen molar-refractivity contribution in [1.82, 2.24) is 5.32 Å². The standard InChI is InChI=1S/C18H20N2O3S/c1-12(2)18(16-5-4-8-24-16)20-17(21)11-23-14-7-6-13(10-19)9-15(14)22-3/h4-9,12,18H,11H2,1-3H3,(H,20,21). The Morgan fingerprint density at radius 2 is 2.12 bits per heavy atom. The second-order valence-corrected chi connectivity index (χ2v) is 6.55. The normalized spacial score (nSPS) is 11.6. The van der Waals surface area contributed by atoms with E-state index in [9.17, 15) is 4.79 Å².